The molecule has 188 valence electrons. The highest BCUT2D eigenvalue weighted by molar-refractivity contribution is 5.96. The van der Waals surface area contributed by atoms with Crippen LogP contribution in [-0.2, 0) is 16.1 Å². The number of benzene rings is 2. The fourth-order valence-corrected chi connectivity index (χ4v) is 3.63. The van der Waals surface area contributed by atoms with E-state index in [0.29, 0.717) is 29.2 Å². The van der Waals surface area contributed by atoms with Gasteiger partial charge in [0.05, 0.1) is 24.3 Å². The molecule has 0 saturated heterocycles. The normalized spacial score (nSPS) is 10.6. The third-order valence-corrected chi connectivity index (χ3v) is 5.55. The number of anilines is 1. The number of nitriles is 1. The Kier molecular flexibility index (Phi) is 8.33. The summed E-state index contributed by atoms with van der Waals surface area (Å²) in [7, 11) is 1.46. The molecule has 0 spiro atoms. The molecule has 0 radical (unpaired) electrons. The van der Waals surface area contributed by atoms with Gasteiger partial charge in [0.25, 0.3) is 5.91 Å². The first kappa shape index (κ1) is 26.3. The Morgan fingerprint density at radius 1 is 1.11 bits per heavy atom. The highest BCUT2D eigenvalue weighted by atomic mass is 19.1. The minimum absolute atomic E-state index is 0.0759. The number of halogens is 1. The van der Waals surface area contributed by atoms with Gasteiger partial charge in [-0.25, -0.2) is 9.18 Å². The Hall–Kier alpha value is -4.32. The van der Waals surface area contributed by atoms with E-state index in [1.807, 2.05) is 20.8 Å². The SMILES string of the molecule is COc1cc(C(=O)OCC(=O)Nc2c(C#N)c(C)c(C)n2Cc2ccc(F)cc2)ccc1OC(C)C. The Morgan fingerprint density at radius 3 is 2.42 bits per heavy atom. The molecular formula is C27H28FN3O5. The van der Waals surface area contributed by atoms with E-state index in [9.17, 15) is 19.2 Å². The first-order valence-corrected chi connectivity index (χ1v) is 11.3. The quantitative estimate of drug-likeness (QED) is 0.432. The molecule has 36 heavy (non-hydrogen) atoms. The van der Waals surface area contributed by atoms with Crippen molar-refractivity contribution in [1.29, 1.82) is 5.26 Å². The van der Waals surface area contributed by atoms with E-state index in [0.717, 1.165) is 11.3 Å². The van der Waals surface area contributed by atoms with Crippen molar-refractivity contribution in [1.82, 2.24) is 4.57 Å². The van der Waals surface area contributed by atoms with E-state index in [4.69, 9.17) is 14.2 Å². The number of methoxy groups -OCH3 is 1. The van der Waals surface area contributed by atoms with Crippen LogP contribution in [0.15, 0.2) is 42.5 Å². The molecule has 1 aromatic heterocycles. The predicted molar refractivity (Wildman–Crippen MR) is 132 cm³/mol. The lowest BCUT2D eigenvalue weighted by atomic mass is 10.2. The van der Waals surface area contributed by atoms with Gasteiger partial charge in [-0.05, 0) is 69.2 Å². The Morgan fingerprint density at radius 2 is 1.81 bits per heavy atom. The highest BCUT2D eigenvalue weighted by Gasteiger charge is 2.21. The fourth-order valence-electron chi connectivity index (χ4n) is 3.63. The summed E-state index contributed by atoms with van der Waals surface area (Å²) in [5.74, 6) is -0.537. The van der Waals surface area contributed by atoms with Crippen molar-refractivity contribution in [3.05, 3.63) is 76.2 Å². The average Bonchev–Trinajstić information content (AvgIpc) is 3.07. The third kappa shape index (κ3) is 6.02. The van der Waals surface area contributed by atoms with Gasteiger partial charge >= 0.3 is 5.97 Å². The van der Waals surface area contributed by atoms with Crippen LogP contribution < -0.4 is 14.8 Å². The zero-order chi connectivity index (χ0) is 26.4. The predicted octanol–water partition coefficient (Wildman–Crippen LogP) is 4.76. The van der Waals surface area contributed by atoms with E-state index < -0.39 is 18.5 Å². The second-order valence-corrected chi connectivity index (χ2v) is 8.41. The number of ether oxygens (including phenoxy) is 3. The van der Waals surface area contributed by atoms with E-state index >= 15 is 0 Å². The molecule has 3 rings (SSSR count). The molecule has 0 atom stereocenters. The fraction of sp³-hybridized carbons (Fsp3) is 0.296. The maximum Gasteiger partial charge on any atom is 0.338 e. The van der Waals surface area contributed by atoms with Crippen LogP contribution in [0.4, 0.5) is 10.2 Å². The van der Waals surface area contributed by atoms with E-state index in [1.54, 1.807) is 29.7 Å². The van der Waals surface area contributed by atoms with Gasteiger partial charge in [0.15, 0.2) is 18.1 Å². The summed E-state index contributed by atoms with van der Waals surface area (Å²) in [4.78, 5) is 25.2. The van der Waals surface area contributed by atoms with Crippen LogP contribution in [0.3, 0.4) is 0 Å². The standard InChI is InChI=1S/C27H28FN3O5/c1-16(2)36-23-11-8-20(12-24(23)34-5)27(33)35-15-25(32)30-26-22(13-29)17(3)18(4)31(26)14-19-6-9-21(28)10-7-19/h6-12,16H,14-15H2,1-5H3,(H,30,32). The van der Waals surface area contributed by atoms with Crippen LogP contribution in [0, 0.1) is 31.0 Å². The van der Waals surface area contributed by atoms with Crippen molar-refractivity contribution in [2.24, 2.45) is 0 Å². The first-order chi connectivity index (χ1) is 17.1. The maximum atomic E-state index is 13.3. The number of amides is 1. The van der Waals surface area contributed by atoms with Gasteiger partial charge in [-0.15, -0.1) is 0 Å². The summed E-state index contributed by atoms with van der Waals surface area (Å²) < 4.78 is 31.2. The van der Waals surface area contributed by atoms with Crippen LogP contribution in [0.5, 0.6) is 11.5 Å². The van der Waals surface area contributed by atoms with Crippen LogP contribution >= 0.6 is 0 Å². The molecule has 1 heterocycles. The molecule has 2 aromatic carbocycles. The molecular weight excluding hydrogens is 465 g/mol. The van der Waals surface area contributed by atoms with Gasteiger partial charge < -0.3 is 24.1 Å². The number of nitrogens with one attached hydrogen (secondary N) is 1. The number of esters is 1. The van der Waals surface area contributed by atoms with E-state index in [-0.39, 0.29) is 23.3 Å². The Labute approximate surface area is 209 Å². The van der Waals surface area contributed by atoms with Crippen molar-refractivity contribution in [3.63, 3.8) is 0 Å². The lowest BCUT2D eigenvalue weighted by molar-refractivity contribution is -0.119. The zero-order valence-corrected chi connectivity index (χ0v) is 20.8. The van der Waals surface area contributed by atoms with Crippen LogP contribution in [0.25, 0.3) is 0 Å². The molecule has 8 nitrogen and oxygen atoms in total. The topological polar surface area (TPSA) is 103 Å². The summed E-state index contributed by atoms with van der Waals surface area (Å²) >= 11 is 0. The molecule has 0 fully saturated rings. The third-order valence-electron chi connectivity index (χ3n) is 5.55. The average molecular weight is 494 g/mol. The van der Waals surface area contributed by atoms with Gasteiger partial charge in [0.2, 0.25) is 0 Å². The minimum Gasteiger partial charge on any atom is -0.493 e. The minimum atomic E-state index is -0.714. The molecule has 0 saturated carbocycles. The van der Waals surface area contributed by atoms with Crippen molar-refractivity contribution in [2.45, 2.75) is 40.3 Å². The molecule has 1 N–H and O–H groups in total. The number of aromatic nitrogens is 1. The van der Waals surface area contributed by atoms with Crippen LogP contribution in [0.1, 0.15) is 46.6 Å². The second kappa shape index (κ2) is 11.4. The molecule has 1 amide bonds. The molecule has 9 heteroatoms. The lowest BCUT2D eigenvalue weighted by Crippen LogP contribution is -2.23. The van der Waals surface area contributed by atoms with Crippen molar-refractivity contribution >= 4 is 17.7 Å². The Bertz CT molecular complexity index is 1310. The molecule has 0 aliphatic rings. The zero-order valence-electron chi connectivity index (χ0n) is 20.8. The van der Waals surface area contributed by atoms with Gasteiger partial charge in [-0.2, -0.15) is 5.26 Å². The summed E-state index contributed by atoms with van der Waals surface area (Å²) in [5, 5.41) is 12.4. The number of hydrogen-bond donors (Lipinski definition) is 1. The van der Waals surface area contributed by atoms with Crippen LogP contribution in [-0.4, -0.2) is 36.3 Å². The smallest absolute Gasteiger partial charge is 0.338 e. The largest absolute Gasteiger partial charge is 0.493 e. The highest BCUT2D eigenvalue weighted by Crippen LogP contribution is 2.30. The molecule has 0 unspecified atom stereocenters. The molecule has 0 bridgehead atoms. The van der Waals surface area contributed by atoms with Crippen molar-refractivity contribution in [3.8, 4) is 17.6 Å². The van der Waals surface area contributed by atoms with Crippen molar-refractivity contribution in [2.75, 3.05) is 19.0 Å². The molecule has 0 aliphatic heterocycles. The number of rotatable bonds is 9. The summed E-state index contributed by atoms with van der Waals surface area (Å²) in [6.45, 7) is 7.11. The number of carbonyl (C=O) groups excluding carboxylic acids is 2. The number of nitrogens with zero attached hydrogens (tertiary/aromatic N) is 2. The summed E-state index contributed by atoms with van der Waals surface area (Å²) in [6, 6.07) is 12.7. The number of carbonyl (C=O) groups is 2. The van der Waals surface area contributed by atoms with Gasteiger partial charge in [-0.1, -0.05) is 12.1 Å². The number of hydrogen-bond acceptors (Lipinski definition) is 6. The molecule has 0 aliphatic carbocycles. The maximum absolute atomic E-state index is 13.3. The monoisotopic (exact) mass is 493 g/mol. The van der Waals surface area contributed by atoms with Gasteiger partial charge in [0.1, 0.15) is 17.7 Å². The molecule has 3 aromatic rings. The Balaban J connectivity index is 1.73. The van der Waals surface area contributed by atoms with E-state index in [1.165, 1.54) is 31.4 Å². The van der Waals surface area contributed by atoms with E-state index in [2.05, 4.69) is 11.4 Å². The van der Waals surface area contributed by atoms with Gasteiger partial charge in [-0.3, -0.25) is 4.79 Å². The summed E-state index contributed by atoms with van der Waals surface area (Å²) in [5.41, 5.74) is 2.78. The van der Waals surface area contributed by atoms with Crippen LogP contribution in [0.2, 0.25) is 0 Å². The van der Waals surface area contributed by atoms with Gasteiger partial charge in [0, 0.05) is 12.2 Å². The summed E-state index contributed by atoms with van der Waals surface area (Å²) in [6.07, 6.45) is -0.0759. The second-order valence-electron chi connectivity index (χ2n) is 8.41. The first-order valence-electron chi connectivity index (χ1n) is 11.3. The van der Waals surface area contributed by atoms with Crippen molar-refractivity contribution < 1.29 is 28.2 Å². The lowest BCUT2D eigenvalue weighted by Gasteiger charge is -2.15.